The van der Waals surface area contributed by atoms with Crippen LogP contribution in [0.1, 0.15) is 16.9 Å². The molecule has 1 aromatic carbocycles. The summed E-state index contributed by atoms with van der Waals surface area (Å²) in [5.74, 6) is 0.195. The minimum absolute atomic E-state index is 0.195. The van der Waals surface area contributed by atoms with Crippen LogP contribution in [0.3, 0.4) is 0 Å². The molecule has 0 radical (unpaired) electrons. The first kappa shape index (κ1) is 17.0. The first-order valence-electron chi connectivity index (χ1n) is 8.40. The number of benzene rings is 1. The summed E-state index contributed by atoms with van der Waals surface area (Å²) >= 11 is 1.71. The highest BCUT2D eigenvalue weighted by molar-refractivity contribution is 7.09. The fraction of sp³-hybridized carbons (Fsp3) is 0.421. The van der Waals surface area contributed by atoms with Crippen molar-refractivity contribution in [3.8, 4) is 0 Å². The summed E-state index contributed by atoms with van der Waals surface area (Å²) < 4.78 is 5.39. The lowest BCUT2D eigenvalue weighted by Crippen LogP contribution is -2.36. The number of hydrogen-bond donors (Lipinski definition) is 0. The van der Waals surface area contributed by atoms with Crippen molar-refractivity contribution in [1.82, 2.24) is 4.90 Å². The lowest BCUT2D eigenvalue weighted by molar-refractivity contribution is -0.130. The van der Waals surface area contributed by atoms with E-state index in [9.17, 15) is 4.79 Å². The number of ether oxygens (including phenoxy) is 1. The van der Waals surface area contributed by atoms with Crippen molar-refractivity contribution in [1.29, 1.82) is 0 Å². The van der Waals surface area contributed by atoms with Crippen LogP contribution in [0.5, 0.6) is 0 Å². The third-order valence-corrected chi connectivity index (χ3v) is 5.26. The average molecular weight is 344 g/mol. The maximum atomic E-state index is 12.3. The second kappa shape index (κ2) is 8.31. The maximum Gasteiger partial charge on any atom is 0.222 e. The van der Waals surface area contributed by atoms with Gasteiger partial charge < -0.3 is 14.5 Å². The number of amides is 1. The highest BCUT2D eigenvalue weighted by Gasteiger charge is 2.12. The predicted octanol–water partition coefficient (Wildman–Crippen LogP) is 3.18. The van der Waals surface area contributed by atoms with Crippen molar-refractivity contribution in [3.05, 3.63) is 52.2 Å². The van der Waals surface area contributed by atoms with E-state index in [0.717, 1.165) is 32.7 Å². The van der Waals surface area contributed by atoms with E-state index >= 15 is 0 Å². The number of nitrogens with zero attached hydrogens (tertiary/aromatic N) is 2. The molecule has 4 nitrogen and oxygen atoms in total. The molecule has 128 valence electrons. The zero-order valence-corrected chi connectivity index (χ0v) is 14.9. The Morgan fingerprint density at radius 3 is 2.62 bits per heavy atom. The number of thiophene rings is 1. The fourth-order valence-corrected chi connectivity index (χ4v) is 3.58. The van der Waals surface area contributed by atoms with E-state index in [1.165, 1.54) is 16.1 Å². The van der Waals surface area contributed by atoms with Gasteiger partial charge in [-0.2, -0.15) is 0 Å². The molecule has 1 fully saturated rings. The lowest BCUT2D eigenvalue weighted by atomic mass is 10.1. The van der Waals surface area contributed by atoms with Crippen LogP contribution in [0, 0.1) is 0 Å². The molecular weight excluding hydrogens is 320 g/mol. The highest BCUT2D eigenvalue weighted by atomic mass is 32.1. The number of hydrogen-bond acceptors (Lipinski definition) is 4. The Morgan fingerprint density at radius 1 is 1.21 bits per heavy atom. The van der Waals surface area contributed by atoms with Crippen LogP contribution >= 0.6 is 11.3 Å². The van der Waals surface area contributed by atoms with Gasteiger partial charge >= 0.3 is 0 Å². The maximum absolute atomic E-state index is 12.3. The van der Waals surface area contributed by atoms with Crippen LogP contribution in [0.15, 0.2) is 41.8 Å². The summed E-state index contributed by atoms with van der Waals surface area (Å²) in [6.45, 7) is 4.14. The largest absolute Gasteiger partial charge is 0.378 e. The topological polar surface area (TPSA) is 32.8 Å². The molecule has 1 amide bonds. The quantitative estimate of drug-likeness (QED) is 0.807. The summed E-state index contributed by atoms with van der Waals surface area (Å²) in [6.07, 6.45) is 1.40. The predicted molar refractivity (Wildman–Crippen MR) is 98.6 cm³/mol. The Hall–Kier alpha value is -1.85. The monoisotopic (exact) mass is 344 g/mol. The van der Waals surface area contributed by atoms with Crippen molar-refractivity contribution in [2.45, 2.75) is 19.4 Å². The molecule has 24 heavy (non-hydrogen) atoms. The van der Waals surface area contributed by atoms with Crippen molar-refractivity contribution < 1.29 is 9.53 Å². The molecule has 0 aliphatic carbocycles. The molecule has 0 unspecified atom stereocenters. The number of rotatable bonds is 6. The Kier molecular flexibility index (Phi) is 5.88. The number of anilines is 1. The Morgan fingerprint density at radius 2 is 1.96 bits per heavy atom. The van der Waals surface area contributed by atoms with E-state index in [1.54, 1.807) is 11.3 Å². The van der Waals surface area contributed by atoms with Gasteiger partial charge in [0.25, 0.3) is 0 Å². The van der Waals surface area contributed by atoms with Crippen molar-refractivity contribution >= 4 is 22.9 Å². The molecular formula is C19H24N2O2S. The van der Waals surface area contributed by atoms with Crippen LogP contribution < -0.4 is 4.90 Å². The van der Waals surface area contributed by atoms with E-state index in [2.05, 4.69) is 40.6 Å². The molecule has 0 N–H and O–H groups in total. The zero-order valence-electron chi connectivity index (χ0n) is 14.1. The van der Waals surface area contributed by atoms with Gasteiger partial charge in [0.15, 0.2) is 0 Å². The van der Waals surface area contributed by atoms with Gasteiger partial charge in [-0.15, -0.1) is 11.3 Å². The van der Waals surface area contributed by atoms with Gasteiger partial charge in [0.1, 0.15) is 0 Å². The van der Waals surface area contributed by atoms with Crippen LogP contribution in [-0.2, 0) is 22.5 Å². The minimum Gasteiger partial charge on any atom is -0.378 e. The summed E-state index contributed by atoms with van der Waals surface area (Å²) in [6, 6.07) is 12.6. The second-order valence-corrected chi connectivity index (χ2v) is 7.13. The van der Waals surface area contributed by atoms with Crippen molar-refractivity contribution in [2.24, 2.45) is 0 Å². The highest BCUT2D eigenvalue weighted by Crippen LogP contribution is 2.18. The fourth-order valence-electron chi connectivity index (χ4n) is 2.87. The van der Waals surface area contributed by atoms with E-state index in [1.807, 2.05) is 18.0 Å². The van der Waals surface area contributed by atoms with E-state index in [0.29, 0.717) is 13.0 Å². The Balaban J connectivity index is 1.50. The third kappa shape index (κ3) is 4.58. The van der Waals surface area contributed by atoms with Gasteiger partial charge in [0, 0.05) is 43.7 Å². The summed E-state index contributed by atoms with van der Waals surface area (Å²) in [7, 11) is 1.88. The van der Waals surface area contributed by atoms with Gasteiger partial charge in [-0.3, -0.25) is 4.79 Å². The van der Waals surface area contributed by atoms with Gasteiger partial charge in [0.2, 0.25) is 5.91 Å². The van der Waals surface area contributed by atoms with Crippen LogP contribution in [-0.4, -0.2) is 44.2 Å². The van der Waals surface area contributed by atoms with Gasteiger partial charge in [-0.05, 0) is 35.6 Å². The van der Waals surface area contributed by atoms with Gasteiger partial charge in [0.05, 0.1) is 13.2 Å². The first-order valence-corrected chi connectivity index (χ1v) is 9.28. The standard InChI is InChI=1S/C19H24N2O2S/c1-20(19(22)9-8-18-3-2-14-24-18)15-16-4-6-17(7-5-16)21-10-12-23-13-11-21/h2-7,14H,8-13,15H2,1H3. The lowest BCUT2D eigenvalue weighted by Gasteiger charge is -2.29. The van der Waals surface area contributed by atoms with Crippen molar-refractivity contribution in [2.75, 3.05) is 38.3 Å². The first-order chi connectivity index (χ1) is 11.7. The average Bonchev–Trinajstić information content (AvgIpc) is 3.14. The molecule has 2 aromatic rings. The number of carbonyl (C=O) groups is 1. The number of carbonyl (C=O) groups excluding carboxylic acids is 1. The molecule has 0 saturated carbocycles. The van der Waals surface area contributed by atoms with Crippen LogP contribution in [0.4, 0.5) is 5.69 Å². The van der Waals surface area contributed by atoms with Crippen molar-refractivity contribution in [3.63, 3.8) is 0 Å². The number of morpholine rings is 1. The number of aryl methyl sites for hydroxylation is 1. The molecule has 1 saturated heterocycles. The molecule has 1 aliphatic rings. The second-order valence-electron chi connectivity index (χ2n) is 6.10. The zero-order chi connectivity index (χ0) is 16.8. The molecule has 1 aliphatic heterocycles. The van der Waals surface area contributed by atoms with E-state index in [4.69, 9.17) is 4.74 Å². The van der Waals surface area contributed by atoms with Gasteiger partial charge in [-0.1, -0.05) is 18.2 Å². The normalized spacial score (nSPS) is 14.6. The molecule has 1 aromatic heterocycles. The molecule has 0 bridgehead atoms. The van der Waals surface area contributed by atoms with E-state index in [-0.39, 0.29) is 5.91 Å². The van der Waals surface area contributed by atoms with Gasteiger partial charge in [-0.25, -0.2) is 0 Å². The molecule has 5 heteroatoms. The molecule has 3 rings (SSSR count). The minimum atomic E-state index is 0.195. The van der Waals surface area contributed by atoms with Crippen LogP contribution in [0.2, 0.25) is 0 Å². The SMILES string of the molecule is CN(Cc1ccc(N2CCOCC2)cc1)C(=O)CCc1cccs1. The Labute approximate surface area is 147 Å². The molecule has 0 spiro atoms. The Bertz CT molecular complexity index is 634. The smallest absolute Gasteiger partial charge is 0.222 e. The summed E-state index contributed by atoms with van der Waals surface area (Å²) in [5.41, 5.74) is 2.40. The molecule has 0 atom stereocenters. The van der Waals surface area contributed by atoms with Crippen LogP contribution in [0.25, 0.3) is 0 Å². The molecule has 2 heterocycles. The summed E-state index contributed by atoms with van der Waals surface area (Å²) in [5, 5.41) is 2.06. The third-order valence-electron chi connectivity index (χ3n) is 4.32. The summed E-state index contributed by atoms with van der Waals surface area (Å²) in [4.78, 5) is 17.7. The van der Waals surface area contributed by atoms with E-state index < -0.39 is 0 Å².